The second-order valence-corrected chi connectivity index (χ2v) is 8.60. The van der Waals surface area contributed by atoms with Gasteiger partial charge >= 0.3 is 0 Å². The zero-order valence-electron chi connectivity index (χ0n) is 19.0. The lowest BCUT2D eigenvalue weighted by molar-refractivity contribution is -0.138. The van der Waals surface area contributed by atoms with Crippen molar-refractivity contribution in [2.24, 2.45) is 0 Å². The lowest BCUT2D eigenvalue weighted by Gasteiger charge is -2.29. The molecular weight excluding hydrogens is 408 g/mol. The van der Waals surface area contributed by atoms with Crippen molar-refractivity contribution in [3.8, 4) is 5.75 Å². The van der Waals surface area contributed by atoms with Crippen LogP contribution in [0, 0.1) is 6.92 Å². The summed E-state index contributed by atoms with van der Waals surface area (Å²) in [5, 5.41) is 2.95. The largest absolute Gasteiger partial charge is 0.497 e. The Morgan fingerprint density at radius 3 is 2.48 bits per heavy atom. The molecule has 2 amide bonds. The summed E-state index contributed by atoms with van der Waals surface area (Å²) in [4.78, 5) is 27.5. The van der Waals surface area contributed by atoms with Gasteiger partial charge in [0, 0.05) is 18.8 Å². The molecule has 0 heterocycles. The summed E-state index contributed by atoms with van der Waals surface area (Å²) < 4.78 is 5.22. The molecule has 2 aromatic rings. The Bertz CT molecular complexity index is 839. The van der Waals surface area contributed by atoms with E-state index in [0.717, 1.165) is 29.9 Å². The SMILES string of the molecule is CCCCNC(=O)C(C)N(Cc1ccc(OC)cc1)C(=O)CSCc1ccccc1C. The molecule has 0 aliphatic carbocycles. The average molecular weight is 443 g/mol. The normalized spacial score (nSPS) is 11.6. The molecule has 0 fully saturated rings. The predicted molar refractivity (Wildman–Crippen MR) is 128 cm³/mol. The van der Waals surface area contributed by atoms with E-state index in [1.807, 2.05) is 36.4 Å². The average Bonchev–Trinajstić information content (AvgIpc) is 2.78. The van der Waals surface area contributed by atoms with Crippen LogP contribution in [0.3, 0.4) is 0 Å². The minimum absolute atomic E-state index is 0.0347. The second-order valence-electron chi connectivity index (χ2n) is 7.61. The van der Waals surface area contributed by atoms with E-state index in [0.29, 0.717) is 18.8 Å². The minimum atomic E-state index is -0.537. The number of rotatable bonds is 12. The summed E-state index contributed by atoms with van der Waals surface area (Å²) in [7, 11) is 1.62. The van der Waals surface area contributed by atoms with Crippen LogP contribution < -0.4 is 10.1 Å². The number of methoxy groups -OCH3 is 1. The highest BCUT2D eigenvalue weighted by atomic mass is 32.2. The molecule has 5 nitrogen and oxygen atoms in total. The maximum Gasteiger partial charge on any atom is 0.242 e. The van der Waals surface area contributed by atoms with Crippen LogP contribution in [0.15, 0.2) is 48.5 Å². The van der Waals surface area contributed by atoms with Crippen LogP contribution in [0.4, 0.5) is 0 Å². The summed E-state index contributed by atoms with van der Waals surface area (Å²) in [6, 6.07) is 15.3. The van der Waals surface area contributed by atoms with E-state index < -0.39 is 6.04 Å². The zero-order chi connectivity index (χ0) is 22.6. The van der Waals surface area contributed by atoms with E-state index in [1.165, 1.54) is 11.1 Å². The molecule has 1 unspecified atom stereocenters. The molecule has 168 valence electrons. The smallest absolute Gasteiger partial charge is 0.242 e. The number of aryl methyl sites for hydroxylation is 1. The molecule has 0 bridgehead atoms. The Balaban J connectivity index is 2.06. The van der Waals surface area contributed by atoms with Crippen LogP contribution in [-0.2, 0) is 21.9 Å². The number of benzene rings is 2. The Hall–Kier alpha value is -2.47. The fraction of sp³-hybridized carbons (Fsp3) is 0.440. The number of carbonyl (C=O) groups is 2. The number of hydrogen-bond donors (Lipinski definition) is 1. The third kappa shape index (κ3) is 7.94. The van der Waals surface area contributed by atoms with Gasteiger partial charge in [0.15, 0.2) is 0 Å². The quantitative estimate of drug-likeness (QED) is 0.489. The molecule has 0 saturated carbocycles. The van der Waals surface area contributed by atoms with Gasteiger partial charge in [0.1, 0.15) is 11.8 Å². The first-order valence-corrected chi connectivity index (χ1v) is 11.9. The first kappa shape index (κ1) is 24.8. The van der Waals surface area contributed by atoms with Crippen LogP contribution >= 0.6 is 11.8 Å². The van der Waals surface area contributed by atoms with Gasteiger partial charge in [-0.2, -0.15) is 0 Å². The van der Waals surface area contributed by atoms with Crippen LogP contribution in [0.25, 0.3) is 0 Å². The number of carbonyl (C=O) groups excluding carboxylic acids is 2. The maximum atomic E-state index is 13.1. The van der Waals surface area contributed by atoms with Crippen molar-refractivity contribution < 1.29 is 14.3 Å². The monoisotopic (exact) mass is 442 g/mol. The fourth-order valence-corrected chi connectivity index (χ4v) is 4.14. The van der Waals surface area contributed by atoms with Crippen LogP contribution in [0.2, 0.25) is 0 Å². The molecule has 2 rings (SSSR count). The molecule has 0 aliphatic rings. The third-order valence-electron chi connectivity index (χ3n) is 5.25. The molecule has 1 N–H and O–H groups in total. The molecule has 0 aliphatic heterocycles. The highest BCUT2D eigenvalue weighted by Gasteiger charge is 2.25. The molecule has 6 heteroatoms. The van der Waals surface area contributed by atoms with Crippen LogP contribution in [0.5, 0.6) is 5.75 Å². The molecule has 2 aromatic carbocycles. The summed E-state index contributed by atoms with van der Waals surface area (Å²) in [6.45, 7) is 6.98. The molecule has 0 spiro atoms. The van der Waals surface area contributed by atoms with Crippen LogP contribution in [-0.4, -0.2) is 42.2 Å². The van der Waals surface area contributed by atoms with Gasteiger partial charge in [-0.05, 0) is 49.1 Å². The van der Waals surface area contributed by atoms with Gasteiger partial charge in [0.05, 0.1) is 12.9 Å². The van der Waals surface area contributed by atoms with E-state index >= 15 is 0 Å². The summed E-state index contributed by atoms with van der Waals surface area (Å²) in [5.41, 5.74) is 3.42. The van der Waals surface area contributed by atoms with Crippen molar-refractivity contribution >= 4 is 23.6 Å². The van der Waals surface area contributed by atoms with Gasteiger partial charge in [-0.3, -0.25) is 9.59 Å². The fourth-order valence-electron chi connectivity index (χ4n) is 3.15. The summed E-state index contributed by atoms with van der Waals surface area (Å²) in [6.07, 6.45) is 1.94. The number of amides is 2. The molecular formula is C25H34N2O3S. The summed E-state index contributed by atoms with van der Waals surface area (Å²) >= 11 is 1.58. The number of thioether (sulfide) groups is 1. The molecule has 31 heavy (non-hydrogen) atoms. The first-order valence-electron chi connectivity index (χ1n) is 10.8. The van der Waals surface area contributed by atoms with Gasteiger partial charge in [-0.25, -0.2) is 0 Å². The van der Waals surface area contributed by atoms with E-state index in [4.69, 9.17) is 4.74 Å². The van der Waals surface area contributed by atoms with E-state index in [1.54, 1.807) is 30.7 Å². The lowest BCUT2D eigenvalue weighted by Crippen LogP contribution is -2.48. The van der Waals surface area contributed by atoms with Crippen molar-refractivity contribution in [2.45, 2.75) is 52.0 Å². The second kappa shape index (κ2) is 13.1. The summed E-state index contributed by atoms with van der Waals surface area (Å²) in [5.74, 6) is 1.72. The zero-order valence-corrected chi connectivity index (χ0v) is 19.8. The Kier molecular flexibility index (Phi) is 10.4. The van der Waals surface area contributed by atoms with Crippen molar-refractivity contribution in [3.63, 3.8) is 0 Å². The van der Waals surface area contributed by atoms with Crippen molar-refractivity contribution in [1.29, 1.82) is 0 Å². The van der Waals surface area contributed by atoms with Crippen molar-refractivity contribution in [3.05, 3.63) is 65.2 Å². The van der Waals surface area contributed by atoms with E-state index in [-0.39, 0.29) is 11.8 Å². The molecule has 1 atom stereocenters. The molecule has 0 aromatic heterocycles. The van der Waals surface area contributed by atoms with E-state index in [9.17, 15) is 9.59 Å². The Morgan fingerprint density at radius 2 is 1.84 bits per heavy atom. The number of hydrogen-bond acceptors (Lipinski definition) is 4. The highest BCUT2D eigenvalue weighted by molar-refractivity contribution is 7.99. The van der Waals surface area contributed by atoms with Crippen LogP contribution in [0.1, 0.15) is 43.4 Å². The van der Waals surface area contributed by atoms with Gasteiger partial charge in [-0.1, -0.05) is 49.7 Å². The Labute approximate surface area is 190 Å². The number of ether oxygens (including phenoxy) is 1. The topological polar surface area (TPSA) is 58.6 Å². The Morgan fingerprint density at radius 1 is 1.13 bits per heavy atom. The number of unbranched alkanes of at least 4 members (excludes halogenated alkanes) is 1. The van der Waals surface area contributed by atoms with E-state index in [2.05, 4.69) is 31.3 Å². The molecule has 0 radical (unpaired) electrons. The number of nitrogens with zero attached hydrogens (tertiary/aromatic N) is 1. The maximum absolute atomic E-state index is 13.1. The minimum Gasteiger partial charge on any atom is -0.497 e. The van der Waals surface area contributed by atoms with Crippen molar-refractivity contribution in [2.75, 3.05) is 19.4 Å². The standard InChI is InChI=1S/C25H34N2O3S/c1-5-6-15-26-25(29)20(3)27(16-21-11-13-23(30-4)14-12-21)24(28)18-31-17-22-10-8-7-9-19(22)2/h7-14,20H,5-6,15-18H2,1-4H3,(H,26,29). The molecule has 0 saturated heterocycles. The number of nitrogens with one attached hydrogen (secondary N) is 1. The highest BCUT2D eigenvalue weighted by Crippen LogP contribution is 2.19. The lowest BCUT2D eigenvalue weighted by atomic mass is 10.1. The third-order valence-corrected chi connectivity index (χ3v) is 6.22. The van der Waals surface area contributed by atoms with Gasteiger partial charge in [0.2, 0.25) is 11.8 Å². The first-order chi connectivity index (χ1) is 15.0. The predicted octanol–water partition coefficient (Wildman–Crippen LogP) is 4.57. The van der Waals surface area contributed by atoms with Gasteiger partial charge in [0.25, 0.3) is 0 Å². The van der Waals surface area contributed by atoms with Gasteiger partial charge < -0.3 is 15.0 Å². The van der Waals surface area contributed by atoms with Crippen molar-refractivity contribution in [1.82, 2.24) is 10.2 Å². The van der Waals surface area contributed by atoms with Gasteiger partial charge in [-0.15, -0.1) is 11.8 Å².